The highest BCUT2D eigenvalue weighted by Crippen LogP contribution is 2.35. The fourth-order valence-electron chi connectivity index (χ4n) is 3.96. The number of hydrogen-bond acceptors (Lipinski definition) is 4. The third-order valence-corrected chi connectivity index (χ3v) is 5.70. The number of hydrogen-bond donors (Lipinski definition) is 0. The average Bonchev–Trinajstić information content (AvgIpc) is 2.76. The number of aryl methyl sites for hydroxylation is 1. The van der Waals surface area contributed by atoms with Crippen molar-refractivity contribution in [3.63, 3.8) is 0 Å². The van der Waals surface area contributed by atoms with E-state index in [4.69, 9.17) is 4.74 Å². The van der Waals surface area contributed by atoms with Crippen LogP contribution in [0.1, 0.15) is 18.9 Å². The monoisotopic (exact) mass is 411 g/mol. The minimum Gasteiger partial charge on any atom is -0.478 e. The predicted octanol–water partition coefficient (Wildman–Crippen LogP) is 2.99. The van der Waals surface area contributed by atoms with E-state index in [2.05, 4.69) is 4.90 Å². The van der Waals surface area contributed by atoms with E-state index in [9.17, 15) is 14.0 Å². The Hall–Kier alpha value is -3.09. The van der Waals surface area contributed by atoms with Gasteiger partial charge in [-0.15, -0.1) is 0 Å². The van der Waals surface area contributed by atoms with Crippen molar-refractivity contribution in [1.29, 1.82) is 0 Å². The molecule has 2 amide bonds. The number of fused-ring (bicyclic) bond motifs is 1. The van der Waals surface area contributed by atoms with Crippen LogP contribution in [0, 0.1) is 12.7 Å². The Morgan fingerprint density at radius 3 is 2.47 bits per heavy atom. The lowest BCUT2D eigenvalue weighted by molar-refractivity contribution is -0.133. The maximum atomic E-state index is 13.1. The molecule has 0 bridgehead atoms. The van der Waals surface area contributed by atoms with Gasteiger partial charge in [0.15, 0.2) is 6.10 Å². The zero-order valence-electron chi connectivity index (χ0n) is 17.3. The predicted molar refractivity (Wildman–Crippen MR) is 113 cm³/mol. The lowest BCUT2D eigenvalue weighted by atomic mass is 10.1. The molecule has 2 aliphatic heterocycles. The Balaban J connectivity index is 1.44. The van der Waals surface area contributed by atoms with Gasteiger partial charge in [-0.1, -0.05) is 13.0 Å². The van der Waals surface area contributed by atoms with Crippen molar-refractivity contribution >= 4 is 23.2 Å². The molecule has 1 saturated heterocycles. The highest BCUT2D eigenvalue weighted by atomic mass is 19.1. The van der Waals surface area contributed by atoms with Gasteiger partial charge in [-0.25, -0.2) is 4.39 Å². The van der Waals surface area contributed by atoms with Crippen LogP contribution in [0.15, 0.2) is 42.5 Å². The molecule has 1 fully saturated rings. The minimum atomic E-state index is -0.566. The summed E-state index contributed by atoms with van der Waals surface area (Å²) in [6, 6.07) is 12.1. The summed E-state index contributed by atoms with van der Waals surface area (Å²) in [7, 11) is 0. The molecule has 2 aliphatic rings. The molecule has 2 heterocycles. The van der Waals surface area contributed by atoms with E-state index in [0.717, 1.165) is 11.3 Å². The molecule has 0 radical (unpaired) electrons. The number of carbonyl (C=O) groups is 2. The van der Waals surface area contributed by atoms with Crippen LogP contribution < -0.4 is 14.5 Å². The van der Waals surface area contributed by atoms with E-state index >= 15 is 0 Å². The number of halogens is 1. The van der Waals surface area contributed by atoms with Crippen molar-refractivity contribution in [1.82, 2.24) is 4.90 Å². The summed E-state index contributed by atoms with van der Waals surface area (Å²) in [6.45, 7) is 6.32. The first kappa shape index (κ1) is 20.2. The number of ether oxygens (including phenoxy) is 1. The van der Waals surface area contributed by atoms with Crippen LogP contribution in [-0.4, -0.2) is 55.5 Å². The maximum Gasteiger partial charge on any atom is 0.268 e. The molecular formula is C23H26FN3O3. The van der Waals surface area contributed by atoms with Crippen LogP contribution in [0.3, 0.4) is 0 Å². The van der Waals surface area contributed by atoms with E-state index in [1.807, 2.05) is 32.0 Å². The van der Waals surface area contributed by atoms with Gasteiger partial charge in [0.25, 0.3) is 5.91 Å². The normalized spacial score (nSPS) is 18.8. The van der Waals surface area contributed by atoms with E-state index in [-0.39, 0.29) is 24.2 Å². The maximum absolute atomic E-state index is 13.1. The lowest BCUT2D eigenvalue weighted by Crippen LogP contribution is -2.54. The van der Waals surface area contributed by atoms with Gasteiger partial charge in [-0.05, 0) is 55.3 Å². The number of benzene rings is 2. The Bertz CT molecular complexity index is 939. The Kier molecular flexibility index (Phi) is 5.61. The summed E-state index contributed by atoms with van der Waals surface area (Å²) >= 11 is 0. The number of rotatable bonds is 4. The van der Waals surface area contributed by atoms with Crippen LogP contribution in [0.5, 0.6) is 5.75 Å². The van der Waals surface area contributed by atoms with Crippen molar-refractivity contribution in [2.24, 2.45) is 0 Å². The standard InChI is InChI=1S/C23H26FN3O3/c1-3-20-23(29)27(19-14-16(2)4-9-21(19)30-20)15-22(28)26-12-10-25(11-13-26)18-7-5-17(24)6-8-18/h4-9,14,20H,3,10-13,15H2,1-2H3. The van der Waals surface area contributed by atoms with Gasteiger partial charge in [-0.2, -0.15) is 0 Å². The quantitative estimate of drug-likeness (QED) is 0.776. The fraction of sp³-hybridized carbons (Fsp3) is 0.391. The molecule has 30 heavy (non-hydrogen) atoms. The first-order valence-corrected chi connectivity index (χ1v) is 10.3. The summed E-state index contributed by atoms with van der Waals surface area (Å²) in [5, 5.41) is 0. The van der Waals surface area contributed by atoms with Crippen LogP contribution in [0.25, 0.3) is 0 Å². The summed E-state index contributed by atoms with van der Waals surface area (Å²) < 4.78 is 19.0. The molecule has 158 valence electrons. The van der Waals surface area contributed by atoms with E-state index in [0.29, 0.717) is 44.0 Å². The minimum absolute atomic E-state index is 0.00565. The third-order valence-electron chi connectivity index (χ3n) is 5.70. The molecule has 1 unspecified atom stereocenters. The Labute approximate surface area is 175 Å². The lowest BCUT2D eigenvalue weighted by Gasteiger charge is -2.38. The molecule has 7 heteroatoms. The fourth-order valence-corrected chi connectivity index (χ4v) is 3.96. The molecule has 4 rings (SSSR count). The van der Waals surface area contributed by atoms with Gasteiger partial charge in [0.05, 0.1) is 5.69 Å². The van der Waals surface area contributed by atoms with Crippen molar-refractivity contribution < 1.29 is 18.7 Å². The molecule has 0 spiro atoms. The zero-order chi connectivity index (χ0) is 21.3. The topological polar surface area (TPSA) is 53.1 Å². The summed E-state index contributed by atoms with van der Waals surface area (Å²) in [6.07, 6.45) is -0.0176. The molecule has 0 N–H and O–H groups in total. The first-order chi connectivity index (χ1) is 14.5. The van der Waals surface area contributed by atoms with Crippen LogP contribution in [0.2, 0.25) is 0 Å². The number of nitrogens with zero attached hydrogens (tertiary/aromatic N) is 3. The van der Waals surface area contributed by atoms with Gasteiger partial charge >= 0.3 is 0 Å². The number of piperazine rings is 1. The number of anilines is 2. The van der Waals surface area contributed by atoms with Crippen molar-refractivity contribution in [2.45, 2.75) is 26.4 Å². The third kappa shape index (κ3) is 3.97. The van der Waals surface area contributed by atoms with Gasteiger partial charge in [0.1, 0.15) is 18.1 Å². The number of carbonyl (C=O) groups excluding carboxylic acids is 2. The Morgan fingerprint density at radius 1 is 1.10 bits per heavy atom. The largest absolute Gasteiger partial charge is 0.478 e. The first-order valence-electron chi connectivity index (χ1n) is 10.3. The molecule has 0 saturated carbocycles. The smallest absolute Gasteiger partial charge is 0.268 e. The second-order valence-corrected chi connectivity index (χ2v) is 7.75. The highest BCUT2D eigenvalue weighted by Gasteiger charge is 2.35. The van der Waals surface area contributed by atoms with Crippen LogP contribution in [-0.2, 0) is 9.59 Å². The number of amides is 2. The molecule has 2 aromatic carbocycles. The highest BCUT2D eigenvalue weighted by molar-refractivity contribution is 6.04. The van der Waals surface area contributed by atoms with Crippen LogP contribution >= 0.6 is 0 Å². The molecule has 0 aromatic heterocycles. The summed E-state index contributed by atoms with van der Waals surface area (Å²) in [4.78, 5) is 31.4. The molecular weight excluding hydrogens is 385 g/mol. The zero-order valence-corrected chi connectivity index (χ0v) is 17.3. The SMILES string of the molecule is CCC1Oc2ccc(C)cc2N(CC(=O)N2CCN(c3ccc(F)cc3)CC2)C1=O. The summed E-state index contributed by atoms with van der Waals surface area (Å²) in [5.74, 6) is 0.129. The van der Waals surface area contributed by atoms with Gasteiger partial charge in [0.2, 0.25) is 5.91 Å². The molecule has 2 aromatic rings. The van der Waals surface area contributed by atoms with Gasteiger partial charge in [0, 0.05) is 31.9 Å². The van der Waals surface area contributed by atoms with Crippen molar-refractivity contribution in [3.05, 3.63) is 53.8 Å². The van der Waals surface area contributed by atoms with Crippen molar-refractivity contribution in [3.8, 4) is 5.75 Å². The van der Waals surface area contributed by atoms with E-state index in [1.165, 1.54) is 12.1 Å². The van der Waals surface area contributed by atoms with E-state index in [1.54, 1.807) is 21.9 Å². The van der Waals surface area contributed by atoms with Gasteiger partial charge in [-0.3, -0.25) is 14.5 Å². The Morgan fingerprint density at radius 2 is 1.80 bits per heavy atom. The summed E-state index contributed by atoms with van der Waals surface area (Å²) in [5.41, 5.74) is 2.61. The molecule has 6 nitrogen and oxygen atoms in total. The second-order valence-electron chi connectivity index (χ2n) is 7.75. The average molecular weight is 411 g/mol. The van der Waals surface area contributed by atoms with Crippen LogP contribution in [0.4, 0.5) is 15.8 Å². The second kappa shape index (κ2) is 8.34. The van der Waals surface area contributed by atoms with E-state index < -0.39 is 6.10 Å². The molecule has 0 aliphatic carbocycles. The van der Waals surface area contributed by atoms with Crippen molar-refractivity contribution in [2.75, 3.05) is 42.5 Å². The molecule has 1 atom stereocenters. The van der Waals surface area contributed by atoms with Gasteiger partial charge < -0.3 is 14.5 Å².